The number of alkyl halides is 1. The van der Waals surface area contributed by atoms with Gasteiger partial charge in [-0.3, -0.25) is 0 Å². The summed E-state index contributed by atoms with van der Waals surface area (Å²) in [6.07, 6.45) is 0.568. The first kappa shape index (κ1) is 33.2. The van der Waals surface area contributed by atoms with Crippen LogP contribution in [0.25, 0.3) is 22.6 Å². The number of hydrogen-bond donors (Lipinski definition) is 0. The Hall–Kier alpha value is -2.73. The lowest BCUT2D eigenvalue weighted by Gasteiger charge is -2.36. The minimum atomic E-state index is -1.24. The van der Waals surface area contributed by atoms with E-state index in [-0.39, 0.29) is 18.0 Å². The molecule has 236 valence electrons. The highest BCUT2D eigenvalue weighted by molar-refractivity contribution is 6.76. The highest BCUT2D eigenvalue weighted by atomic mass is 35.5. The molecule has 3 aromatic heterocycles. The molecule has 43 heavy (non-hydrogen) atoms. The van der Waals surface area contributed by atoms with E-state index in [0.29, 0.717) is 44.6 Å². The second-order valence-electron chi connectivity index (χ2n) is 13.4. The monoisotopic (exact) mass is 630 g/mol. The lowest BCUT2D eigenvalue weighted by molar-refractivity contribution is 0.0274. The van der Waals surface area contributed by atoms with Gasteiger partial charge < -0.3 is 28.6 Å². The van der Waals surface area contributed by atoms with Crippen molar-refractivity contribution >= 4 is 42.6 Å². The summed E-state index contributed by atoms with van der Waals surface area (Å²) in [5.74, 6) is 1.65. The van der Waals surface area contributed by atoms with Gasteiger partial charge in [-0.05, 0) is 51.4 Å². The number of rotatable bonds is 11. The highest BCUT2D eigenvalue weighted by Crippen LogP contribution is 2.27. The van der Waals surface area contributed by atoms with E-state index in [9.17, 15) is 4.79 Å². The van der Waals surface area contributed by atoms with Crippen LogP contribution in [0, 0.1) is 0 Å². The molecule has 0 bridgehead atoms. The fourth-order valence-electron chi connectivity index (χ4n) is 4.89. The van der Waals surface area contributed by atoms with Crippen molar-refractivity contribution in [3.8, 4) is 11.5 Å². The van der Waals surface area contributed by atoms with Gasteiger partial charge in [-0.25, -0.2) is 19.7 Å². The molecule has 10 nitrogen and oxygen atoms in total. The molecule has 1 fully saturated rings. The van der Waals surface area contributed by atoms with Gasteiger partial charge in [-0.15, -0.1) is 11.6 Å². The third-order valence-electron chi connectivity index (χ3n) is 7.29. The van der Waals surface area contributed by atoms with Gasteiger partial charge in [0.1, 0.15) is 23.8 Å². The molecule has 1 aliphatic rings. The number of carbonyl (C=O) groups excluding carboxylic acids is 1. The maximum absolute atomic E-state index is 12.8. The molecule has 1 amide bonds. The third kappa shape index (κ3) is 8.90. The second kappa shape index (κ2) is 13.9. The summed E-state index contributed by atoms with van der Waals surface area (Å²) in [6.45, 7) is 18.2. The average molecular weight is 631 g/mol. The highest BCUT2D eigenvalue weighted by Gasteiger charge is 2.25. The largest absolute Gasteiger partial charge is 0.444 e. The second-order valence-corrected chi connectivity index (χ2v) is 19.2. The molecule has 4 heterocycles. The van der Waals surface area contributed by atoms with Gasteiger partial charge in [-0.2, -0.15) is 0 Å². The maximum atomic E-state index is 12.8. The Morgan fingerprint density at radius 3 is 2.63 bits per heavy atom. The molecule has 1 unspecified atom stereocenters. The van der Waals surface area contributed by atoms with Crippen LogP contribution in [0.15, 0.2) is 24.3 Å². The minimum absolute atomic E-state index is 0.245. The number of halogens is 1. The zero-order chi connectivity index (χ0) is 31.4. The van der Waals surface area contributed by atoms with Crippen LogP contribution < -0.4 is 4.90 Å². The zero-order valence-electron chi connectivity index (χ0n) is 26.9. The predicted molar refractivity (Wildman–Crippen MR) is 174 cm³/mol. The van der Waals surface area contributed by atoms with Crippen molar-refractivity contribution in [2.45, 2.75) is 90.6 Å². The molecule has 1 atom stereocenters. The van der Waals surface area contributed by atoms with E-state index in [2.05, 4.69) is 36.0 Å². The molecule has 0 N–H and O–H groups in total. The molecular formula is C31H47ClN6O4Si. The Kier molecular flexibility index (Phi) is 10.7. The van der Waals surface area contributed by atoms with Crippen molar-refractivity contribution in [2.24, 2.45) is 0 Å². The Morgan fingerprint density at radius 1 is 1.19 bits per heavy atom. The Balaban J connectivity index is 1.68. The molecule has 12 heteroatoms. The minimum Gasteiger partial charge on any atom is -0.444 e. The number of morpholine rings is 1. The number of nitrogens with zero attached hydrogens (tertiary/aromatic N) is 6. The molecule has 1 aliphatic heterocycles. The topological polar surface area (TPSA) is 94.8 Å². The molecule has 0 aliphatic carbocycles. The number of fused-ring (bicyclic) bond motifs is 1. The first-order valence-electron chi connectivity index (χ1n) is 15.1. The predicted octanol–water partition coefficient (Wildman–Crippen LogP) is 6.53. The van der Waals surface area contributed by atoms with Crippen molar-refractivity contribution in [2.75, 3.05) is 38.3 Å². The Morgan fingerprint density at radius 2 is 1.95 bits per heavy atom. The normalized spacial score (nSPS) is 16.1. The number of aromatic nitrogens is 4. The van der Waals surface area contributed by atoms with E-state index in [1.807, 2.05) is 45.0 Å². The summed E-state index contributed by atoms with van der Waals surface area (Å²) < 4.78 is 19.5. The number of anilines is 1. The molecule has 0 radical (unpaired) electrons. The number of carbonyl (C=O) groups is 1. The van der Waals surface area contributed by atoms with Crippen molar-refractivity contribution in [3.05, 3.63) is 35.7 Å². The lowest BCUT2D eigenvalue weighted by Crippen LogP contribution is -2.45. The summed E-state index contributed by atoms with van der Waals surface area (Å²) in [5, 5.41) is 0. The van der Waals surface area contributed by atoms with Crippen LogP contribution >= 0.6 is 11.6 Å². The molecule has 3 aromatic rings. The van der Waals surface area contributed by atoms with E-state index in [1.54, 1.807) is 11.9 Å². The number of pyridine rings is 1. The van der Waals surface area contributed by atoms with Gasteiger partial charge in [0.25, 0.3) is 0 Å². The molecular weight excluding hydrogens is 584 g/mol. The van der Waals surface area contributed by atoms with E-state index < -0.39 is 13.7 Å². The van der Waals surface area contributed by atoms with Gasteiger partial charge in [0.2, 0.25) is 0 Å². The van der Waals surface area contributed by atoms with E-state index in [4.69, 9.17) is 40.8 Å². The number of amides is 1. The Bertz CT molecular complexity index is 1400. The van der Waals surface area contributed by atoms with E-state index in [0.717, 1.165) is 47.2 Å². The Labute approximate surface area is 261 Å². The average Bonchev–Trinajstić information content (AvgIpc) is 3.29. The summed E-state index contributed by atoms with van der Waals surface area (Å²) in [5.41, 5.74) is 3.42. The first-order valence-corrected chi connectivity index (χ1v) is 19.3. The van der Waals surface area contributed by atoms with Gasteiger partial charge in [-0.1, -0.05) is 26.6 Å². The fraction of sp³-hybridized carbons (Fsp3) is 0.613. The van der Waals surface area contributed by atoms with Crippen LogP contribution in [0.3, 0.4) is 0 Å². The first-order chi connectivity index (χ1) is 20.3. The van der Waals surface area contributed by atoms with Crippen molar-refractivity contribution in [3.63, 3.8) is 0 Å². The van der Waals surface area contributed by atoms with Crippen molar-refractivity contribution in [1.29, 1.82) is 0 Å². The lowest BCUT2D eigenvalue weighted by atomic mass is 10.1. The smallest absolute Gasteiger partial charge is 0.410 e. The van der Waals surface area contributed by atoms with E-state index >= 15 is 0 Å². The van der Waals surface area contributed by atoms with Crippen LogP contribution in [-0.2, 0) is 33.4 Å². The standard InChI is InChI=1S/C31H47ClN6O4Si/c1-9-23-20-40-13-12-37(23)28-16-22(18-32)33-29(35-28)25-10-11-27-26(34-25)17-24(19-36(5)30(39)42-31(2,3)4)38(27)21-41-14-15-43(6,7)8/h10-11,16-17,23H,9,12-15,18-21H2,1-8H3. The number of hydrogen-bond acceptors (Lipinski definition) is 8. The van der Waals surface area contributed by atoms with Crippen LogP contribution in [0.2, 0.25) is 25.7 Å². The quantitative estimate of drug-likeness (QED) is 0.134. The van der Waals surface area contributed by atoms with E-state index in [1.165, 1.54) is 0 Å². The third-order valence-corrected chi connectivity index (χ3v) is 9.27. The zero-order valence-corrected chi connectivity index (χ0v) is 28.7. The molecule has 1 saturated heterocycles. The summed E-state index contributed by atoms with van der Waals surface area (Å²) in [4.78, 5) is 31.3. The van der Waals surface area contributed by atoms with Gasteiger partial charge >= 0.3 is 6.09 Å². The molecule has 0 aromatic carbocycles. The number of ether oxygens (including phenoxy) is 3. The summed E-state index contributed by atoms with van der Waals surface area (Å²) in [6, 6.07) is 9.24. The van der Waals surface area contributed by atoms with Gasteiger partial charge in [0, 0.05) is 40.0 Å². The van der Waals surface area contributed by atoms with Gasteiger partial charge in [0.15, 0.2) is 5.82 Å². The van der Waals surface area contributed by atoms with Crippen LogP contribution in [0.1, 0.15) is 45.5 Å². The molecule has 4 rings (SSSR count). The maximum Gasteiger partial charge on any atom is 0.410 e. The van der Waals surface area contributed by atoms with Crippen LogP contribution in [-0.4, -0.2) is 83.6 Å². The summed E-state index contributed by atoms with van der Waals surface area (Å²) in [7, 11) is 0.502. The van der Waals surface area contributed by atoms with Crippen molar-refractivity contribution < 1.29 is 19.0 Å². The fourth-order valence-corrected chi connectivity index (χ4v) is 5.78. The van der Waals surface area contributed by atoms with Crippen LogP contribution in [0.4, 0.5) is 10.6 Å². The summed E-state index contributed by atoms with van der Waals surface area (Å²) >= 11 is 6.28. The van der Waals surface area contributed by atoms with Gasteiger partial charge in [0.05, 0.1) is 48.4 Å². The SMILES string of the molecule is CCC1COCCN1c1cc(CCl)nc(-c2ccc3c(cc(CN(C)C(=O)OC(C)(C)C)n3COCC[Si](C)(C)C)n2)n1. The van der Waals surface area contributed by atoms with Crippen LogP contribution in [0.5, 0.6) is 0 Å². The van der Waals surface area contributed by atoms with Crippen molar-refractivity contribution in [1.82, 2.24) is 24.4 Å². The molecule has 0 spiro atoms. The molecule has 0 saturated carbocycles.